The highest BCUT2D eigenvalue weighted by Gasteiger charge is 2.24. The molecule has 0 bridgehead atoms. The van der Waals surface area contributed by atoms with Crippen LogP contribution in [0.15, 0.2) is 28.8 Å². The summed E-state index contributed by atoms with van der Waals surface area (Å²) in [5.74, 6) is -0.340. The Morgan fingerprint density at radius 1 is 1.28 bits per heavy atom. The van der Waals surface area contributed by atoms with Crippen molar-refractivity contribution in [3.8, 4) is 11.5 Å². The number of hydrogen-bond acceptors (Lipinski definition) is 5. The van der Waals surface area contributed by atoms with Crippen LogP contribution in [0.4, 0.5) is 0 Å². The van der Waals surface area contributed by atoms with Gasteiger partial charge in [0, 0.05) is 17.9 Å². The van der Waals surface area contributed by atoms with E-state index in [-0.39, 0.29) is 29.7 Å². The topological polar surface area (TPSA) is 105 Å². The summed E-state index contributed by atoms with van der Waals surface area (Å²) < 4.78 is 5.33. The molecule has 0 fully saturated rings. The smallest absolute Gasteiger partial charge is 0.303 e. The van der Waals surface area contributed by atoms with E-state index in [1.165, 1.54) is 0 Å². The molecule has 0 radical (unpaired) electrons. The van der Waals surface area contributed by atoms with Gasteiger partial charge in [-0.15, -0.1) is 0 Å². The molecule has 1 atom stereocenters. The van der Waals surface area contributed by atoms with Gasteiger partial charge in [-0.25, -0.2) is 0 Å². The number of benzene rings is 1. The lowest BCUT2D eigenvalue weighted by atomic mass is 9.96. The molecule has 1 aromatic carbocycles. The lowest BCUT2D eigenvalue weighted by molar-refractivity contribution is -0.137. The molecule has 1 heterocycles. The van der Waals surface area contributed by atoms with Gasteiger partial charge < -0.3 is 14.9 Å². The molecular weight excluding hydrogens is 322 g/mol. The Bertz CT molecular complexity index is 762. The van der Waals surface area contributed by atoms with E-state index in [4.69, 9.17) is 9.63 Å². The molecule has 7 nitrogen and oxygen atoms in total. The Morgan fingerprint density at radius 2 is 1.96 bits per heavy atom. The molecule has 2 N–H and O–H groups in total. The minimum absolute atomic E-state index is 0.00168. The standard InChI is InChI=1S/C18H23N3O4/c1-11(9-10-14(22)23)19-15(24)12-7-5-6-8-13(12)16-20-17(21-25-16)18(2,3)4/h5-8,11H,9-10H2,1-4H3,(H,19,24)(H,22,23). The van der Waals surface area contributed by atoms with Crippen LogP contribution in [0.25, 0.3) is 11.5 Å². The molecule has 0 saturated heterocycles. The van der Waals surface area contributed by atoms with Crippen molar-refractivity contribution in [1.82, 2.24) is 15.5 Å². The predicted octanol–water partition coefficient (Wildman–Crippen LogP) is 3.02. The van der Waals surface area contributed by atoms with Crippen LogP contribution in [0, 0.1) is 0 Å². The van der Waals surface area contributed by atoms with Gasteiger partial charge in [0.05, 0.1) is 11.1 Å². The Hall–Kier alpha value is -2.70. The number of aliphatic carboxylic acids is 1. The zero-order valence-corrected chi connectivity index (χ0v) is 14.9. The molecule has 7 heteroatoms. The highest BCUT2D eigenvalue weighted by molar-refractivity contribution is 6.00. The molecule has 1 aromatic heterocycles. The molecule has 0 saturated carbocycles. The van der Waals surface area contributed by atoms with Gasteiger partial charge in [-0.1, -0.05) is 38.1 Å². The Kier molecular flexibility index (Phi) is 5.56. The summed E-state index contributed by atoms with van der Waals surface area (Å²) in [6, 6.07) is 6.71. The molecular formula is C18H23N3O4. The van der Waals surface area contributed by atoms with Gasteiger partial charge in [-0.3, -0.25) is 9.59 Å². The summed E-state index contributed by atoms with van der Waals surface area (Å²) in [5.41, 5.74) is 0.701. The second kappa shape index (κ2) is 7.46. The van der Waals surface area contributed by atoms with Crippen LogP contribution in [-0.4, -0.2) is 33.2 Å². The average molecular weight is 345 g/mol. The highest BCUT2D eigenvalue weighted by Crippen LogP contribution is 2.26. The molecule has 2 aromatic rings. The zero-order chi connectivity index (χ0) is 18.6. The lowest BCUT2D eigenvalue weighted by Gasteiger charge is -2.14. The summed E-state index contributed by atoms with van der Waals surface area (Å²) in [5, 5.41) is 15.5. The third-order valence-corrected chi connectivity index (χ3v) is 3.67. The normalized spacial score (nSPS) is 12.6. The van der Waals surface area contributed by atoms with E-state index < -0.39 is 5.97 Å². The summed E-state index contributed by atoms with van der Waals surface area (Å²) in [7, 11) is 0. The van der Waals surface area contributed by atoms with Gasteiger partial charge in [0.15, 0.2) is 5.82 Å². The molecule has 1 unspecified atom stereocenters. The third kappa shape index (κ3) is 4.89. The summed E-state index contributed by atoms with van der Waals surface area (Å²) in [6.07, 6.45) is 0.361. The molecule has 134 valence electrons. The van der Waals surface area contributed by atoms with Crippen molar-refractivity contribution >= 4 is 11.9 Å². The molecule has 25 heavy (non-hydrogen) atoms. The number of carbonyl (C=O) groups is 2. The van der Waals surface area contributed by atoms with Crippen LogP contribution in [-0.2, 0) is 10.2 Å². The first-order valence-electron chi connectivity index (χ1n) is 8.14. The maximum Gasteiger partial charge on any atom is 0.303 e. The van der Waals surface area contributed by atoms with Crippen LogP contribution in [0.2, 0.25) is 0 Å². The number of aromatic nitrogens is 2. The van der Waals surface area contributed by atoms with Crippen LogP contribution in [0.5, 0.6) is 0 Å². The largest absolute Gasteiger partial charge is 0.481 e. The minimum Gasteiger partial charge on any atom is -0.481 e. The third-order valence-electron chi connectivity index (χ3n) is 3.67. The highest BCUT2D eigenvalue weighted by atomic mass is 16.5. The predicted molar refractivity (Wildman–Crippen MR) is 92.2 cm³/mol. The number of rotatable bonds is 6. The van der Waals surface area contributed by atoms with Crippen molar-refractivity contribution < 1.29 is 19.2 Å². The lowest BCUT2D eigenvalue weighted by Crippen LogP contribution is -2.33. The number of carbonyl (C=O) groups excluding carboxylic acids is 1. The van der Waals surface area contributed by atoms with Gasteiger partial charge in [-0.05, 0) is 25.5 Å². The van der Waals surface area contributed by atoms with Crippen LogP contribution in [0.3, 0.4) is 0 Å². The maximum atomic E-state index is 12.5. The number of nitrogens with one attached hydrogen (secondary N) is 1. The zero-order valence-electron chi connectivity index (χ0n) is 14.9. The van der Waals surface area contributed by atoms with E-state index in [1.807, 2.05) is 20.8 Å². The van der Waals surface area contributed by atoms with Crippen LogP contribution in [0.1, 0.15) is 56.7 Å². The van der Waals surface area contributed by atoms with Gasteiger partial charge >= 0.3 is 5.97 Å². The van der Waals surface area contributed by atoms with E-state index in [2.05, 4.69) is 15.5 Å². The number of nitrogens with zero attached hydrogens (tertiary/aromatic N) is 2. The molecule has 0 spiro atoms. The average Bonchev–Trinajstić information content (AvgIpc) is 3.03. The minimum atomic E-state index is -0.887. The fourth-order valence-electron chi connectivity index (χ4n) is 2.22. The Labute approximate surface area is 146 Å². The van der Waals surface area contributed by atoms with Gasteiger partial charge in [-0.2, -0.15) is 4.98 Å². The van der Waals surface area contributed by atoms with Gasteiger partial charge in [0.1, 0.15) is 0 Å². The van der Waals surface area contributed by atoms with Crippen molar-refractivity contribution in [3.05, 3.63) is 35.7 Å². The Morgan fingerprint density at radius 3 is 2.56 bits per heavy atom. The van der Waals surface area contributed by atoms with Gasteiger partial charge in [0.2, 0.25) is 0 Å². The molecule has 2 rings (SSSR count). The quantitative estimate of drug-likeness (QED) is 0.834. The summed E-state index contributed by atoms with van der Waals surface area (Å²) >= 11 is 0. The van der Waals surface area contributed by atoms with Crippen molar-refractivity contribution in [2.24, 2.45) is 0 Å². The first kappa shape index (κ1) is 18.6. The van der Waals surface area contributed by atoms with Crippen molar-refractivity contribution in [3.63, 3.8) is 0 Å². The van der Waals surface area contributed by atoms with Crippen molar-refractivity contribution in [2.45, 2.75) is 52.0 Å². The fraction of sp³-hybridized carbons (Fsp3) is 0.444. The van der Waals surface area contributed by atoms with Crippen LogP contribution >= 0.6 is 0 Å². The number of amides is 1. The monoisotopic (exact) mass is 345 g/mol. The second-order valence-electron chi connectivity index (χ2n) is 7.03. The SMILES string of the molecule is CC(CCC(=O)O)NC(=O)c1ccccc1-c1nc(C(C)(C)C)no1. The molecule has 0 aliphatic carbocycles. The number of carboxylic acid groups (broad SMARTS) is 1. The first-order chi connectivity index (χ1) is 11.7. The number of carboxylic acids is 1. The fourth-order valence-corrected chi connectivity index (χ4v) is 2.22. The van der Waals surface area contributed by atoms with Crippen molar-refractivity contribution in [2.75, 3.05) is 0 Å². The van der Waals surface area contributed by atoms with E-state index in [9.17, 15) is 9.59 Å². The molecule has 1 amide bonds. The van der Waals surface area contributed by atoms with Crippen molar-refractivity contribution in [1.29, 1.82) is 0 Å². The van der Waals surface area contributed by atoms with E-state index >= 15 is 0 Å². The first-order valence-corrected chi connectivity index (χ1v) is 8.14. The number of hydrogen-bond donors (Lipinski definition) is 2. The van der Waals surface area contributed by atoms with E-state index in [1.54, 1.807) is 31.2 Å². The van der Waals surface area contributed by atoms with E-state index in [0.29, 0.717) is 23.4 Å². The molecule has 0 aliphatic rings. The summed E-state index contributed by atoms with van der Waals surface area (Å²) in [4.78, 5) is 27.6. The maximum absolute atomic E-state index is 12.5. The van der Waals surface area contributed by atoms with E-state index in [0.717, 1.165) is 0 Å². The second-order valence-corrected chi connectivity index (χ2v) is 7.03. The molecule has 0 aliphatic heterocycles. The Balaban J connectivity index is 2.21. The van der Waals surface area contributed by atoms with Gasteiger partial charge in [0.25, 0.3) is 11.8 Å². The summed E-state index contributed by atoms with van der Waals surface area (Å²) in [6.45, 7) is 7.70. The van der Waals surface area contributed by atoms with Crippen LogP contribution < -0.4 is 5.32 Å².